The van der Waals surface area contributed by atoms with Gasteiger partial charge in [-0.1, -0.05) is 210 Å². The lowest BCUT2D eigenvalue weighted by molar-refractivity contribution is 0.660. The first-order valence-electron chi connectivity index (χ1n) is 26.0. The molecule has 0 saturated carbocycles. The minimum absolute atomic E-state index is 0.133. The van der Waals surface area contributed by atoms with Gasteiger partial charge in [-0.2, -0.15) is 0 Å². The molecular weight excluding hydrogens is 893 g/mol. The first-order chi connectivity index (χ1) is 36.2. The van der Waals surface area contributed by atoms with Gasteiger partial charge in [0.05, 0.1) is 0 Å². The van der Waals surface area contributed by atoms with E-state index in [2.05, 4.69) is 292 Å². The highest BCUT2D eigenvalue weighted by atomic mass is 15.1. The molecule has 0 N–H and O–H groups in total. The normalized spacial score (nSPS) is 13.6. The van der Waals surface area contributed by atoms with Crippen LogP contribution >= 0.6 is 0 Å². The molecule has 0 bridgehead atoms. The summed E-state index contributed by atoms with van der Waals surface area (Å²) in [4.78, 5) is 4.90. The molecule has 12 aromatic carbocycles. The third kappa shape index (κ3) is 6.86. The van der Waals surface area contributed by atoms with Crippen molar-refractivity contribution in [3.8, 4) is 44.5 Å². The Morgan fingerprint density at radius 2 is 0.514 bits per heavy atom. The summed E-state index contributed by atoms with van der Waals surface area (Å²) in [6.07, 6.45) is 0. The fraction of sp³-hybridized carbons (Fsp3) is 0.0833. The monoisotopic (exact) mass is 946 g/mol. The summed E-state index contributed by atoms with van der Waals surface area (Å²) >= 11 is 0. The number of rotatable bonds is 8. The molecule has 0 fully saturated rings. The van der Waals surface area contributed by atoms with E-state index < -0.39 is 0 Å². The van der Waals surface area contributed by atoms with Crippen molar-refractivity contribution in [2.24, 2.45) is 0 Å². The number of hydrogen-bond acceptors (Lipinski definition) is 2. The first kappa shape index (κ1) is 43.8. The van der Waals surface area contributed by atoms with Gasteiger partial charge < -0.3 is 9.80 Å². The lowest BCUT2D eigenvalue weighted by Gasteiger charge is -2.29. The maximum absolute atomic E-state index is 2.45. The lowest BCUT2D eigenvalue weighted by atomic mass is 9.82. The zero-order chi connectivity index (χ0) is 49.7. The molecular formula is C72H54N2. The van der Waals surface area contributed by atoms with Crippen LogP contribution in [0.3, 0.4) is 0 Å². The van der Waals surface area contributed by atoms with Gasteiger partial charge in [0.25, 0.3) is 0 Å². The van der Waals surface area contributed by atoms with Crippen molar-refractivity contribution in [2.75, 3.05) is 9.80 Å². The van der Waals surface area contributed by atoms with Crippen LogP contribution in [0, 0.1) is 0 Å². The van der Waals surface area contributed by atoms with Crippen LogP contribution < -0.4 is 9.80 Å². The van der Waals surface area contributed by atoms with Gasteiger partial charge in [0.2, 0.25) is 0 Å². The summed E-state index contributed by atoms with van der Waals surface area (Å²) < 4.78 is 0. The molecule has 0 saturated heterocycles. The lowest BCUT2D eigenvalue weighted by Crippen LogP contribution is -2.16. The maximum atomic E-state index is 2.45. The molecule has 0 aliphatic heterocycles. The Morgan fingerprint density at radius 1 is 0.216 bits per heavy atom. The molecule has 0 unspecified atom stereocenters. The minimum atomic E-state index is -0.133. The summed E-state index contributed by atoms with van der Waals surface area (Å²) in [5.74, 6) is 0. The molecule has 12 aromatic rings. The van der Waals surface area contributed by atoms with Gasteiger partial charge in [0.15, 0.2) is 0 Å². The van der Waals surface area contributed by atoms with Crippen LogP contribution in [0.1, 0.15) is 49.9 Å². The second-order valence-electron chi connectivity index (χ2n) is 21.3. The average Bonchev–Trinajstić information content (AvgIpc) is 3.83. The second kappa shape index (κ2) is 16.8. The van der Waals surface area contributed by atoms with Crippen molar-refractivity contribution in [3.05, 3.63) is 277 Å². The Balaban J connectivity index is 0.928. The van der Waals surface area contributed by atoms with Crippen LogP contribution in [0.4, 0.5) is 34.1 Å². The summed E-state index contributed by atoms with van der Waals surface area (Å²) in [6, 6.07) is 94.7. The first-order valence-corrected chi connectivity index (χ1v) is 26.0. The average molecular weight is 947 g/mol. The topological polar surface area (TPSA) is 6.48 Å². The highest BCUT2D eigenvalue weighted by Gasteiger charge is 2.37. The summed E-state index contributed by atoms with van der Waals surface area (Å²) in [5, 5.41) is 7.38. The van der Waals surface area contributed by atoms with Crippen molar-refractivity contribution in [1.82, 2.24) is 0 Å². The quantitative estimate of drug-likeness (QED) is 0.140. The summed E-state index contributed by atoms with van der Waals surface area (Å²) in [6.45, 7) is 9.47. The van der Waals surface area contributed by atoms with Crippen LogP contribution in [0.15, 0.2) is 255 Å². The highest BCUT2D eigenvalue weighted by Crippen LogP contribution is 2.53. The van der Waals surface area contributed by atoms with E-state index in [1.165, 1.54) is 99.1 Å². The molecule has 14 rings (SSSR count). The van der Waals surface area contributed by atoms with Gasteiger partial charge in [0, 0.05) is 45.0 Å². The largest absolute Gasteiger partial charge is 0.310 e. The van der Waals surface area contributed by atoms with Gasteiger partial charge in [-0.3, -0.25) is 0 Å². The fourth-order valence-electron chi connectivity index (χ4n) is 12.6. The van der Waals surface area contributed by atoms with Crippen molar-refractivity contribution < 1.29 is 0 Å². The number of fused-ring (bicyclic) bond motifs is 12. The molecule has 2 aliphatic rings. The Morgan fingerprint density at radius 3 is 0.932 bits per heavy atom. The van der Waals surface area contributed by atoms with Crippen LogP contribution in [-0.4, -0.2) is 0 Å². The molecule has 2 nitrogen and oxygen atoms in total. The molecule has 352 valence electrons. The van der Waals surface area contributed by atoms with Gasteiger partial charge in [-0.05, 0) is 172 Å². The van der Waals surface area contributed by atoms with Crippen LogP contribution in [-0.2, 0) is 10.8 Å². The van der Waals surface area contributed by atoms with E-state index in [0.717, 1.165) is 34.1 Å². The summed E-state index contributed by atoms with van der Waals surface area (Å²) in [7, 11) is 0. The van der Waals surface area contributed by atoms with E-state index in [1.807, 2.05) is 0 Å². The Hall–Kier alpha value is -8.98. The molecule has 74 heavy (non-hydrogen) atoms. The Kier molecular flexibility index (Phi) is 9.94. The van der Waals surface area contributed by atoms with Gasteiger partial charge in [0.1, 0.15) is 0 Å². The smallest absolute Gasteiger partial charge is 0.0468 e. The van der Waals surface area contributed by atoms with E-state index in [0.29, 0.717) is 0 Å². The van der Waals surface area contributed by atoms with E-state index in [9.17, 15) is 0 Å². The predicted octanol–water partition coefficient (Wildman–Crippen LogP) is 20.0. The molecule has 2 aliphatic carbocycles. The van der Waals surface area contributed by atoms with Crippen molar-refractivity contribution >= 4 is 66.4 Å². The van der Waals surface area contributed by atoms with E-state index in [-0.39, 0.29) is 10.8 Å². The van der Waals surface area contributed by atoms with Gasteiger partial charge in [-0.25, -0.2) is 0 Å². The Labute approximate surface area is 434 Å². The molecule has 2 heteroatoms. The van der Waals surface area contributed by atoms with Crippen molar-refractivity contribution in [3.63, 3.8) is 0 Å². The third-order valence-electron chi connectivity index (χ3n) is 16.4. The number of nitrogens with zero attached hydrogens (tertiary/aromatic N) is 2. The zero-order valence-corrected chi connectivity index (χ0v) is 42.1. The van der Waals surface area contributed by atoms with E-state index >= 15 is 0 Å². The second-order valence-corrected chi connectivity index (χ2v) is 21.3. The molecule has 0 spiro atoms. The van der Waals surface area contributed by atoms with E-state index in [1.54, 1.807) is 0 Å². The third-order valence-corrected chi connectivity index (χ3v) is 16.4. The standard InChI is InChI=1S/C72H54N2/c1-71(2)67-25-15-13-23-61(67)63-41-37-55(45-69(63)71)73(51-31-27-49(28-32-51)47-17-7-5-8-18-47)53-35-39-59-60-40-36-54(44-66(60)58-22-12-11-21-57(58)65(59)43-53)74(52-33-29-50(30-34-52)48-19-9-6-10-20-48)56-38-42-64-62-24-14-16-26-68(62)72(3,4)70(64)46-56/h5-46H,1-4H3. The SMILES string of the molecule is CC1(C)c2ccccc2-c2ccc(N(c3ccc(-c4ccccc4)cc3)c3ccc4c5ccc(N(c6ccc(-c7ccccc7)cc6)c6ccc7c(c6)C(C)(C)c6ccccc6-7)cc5c5ccccc5c4c3)cc21. The molecule has 0 heterocycles. The minimum Gasteiger partial charge on any atom is -0.310 e. The van der Waals surface area contributed by atoms with Crippen LogP contribution in [0.25, 0.3) is 76.8 Å². The van der Waals surface area contributed by atoms with Crippen LogP contribution in [0.2, 0.25) is 0 Å². The zero-order valence-electron chi connectivity index (χ0n) is 42.1. The number of benzene rings is 12. The van der Waals surface area contributed by atoms with E-state index in [4.69, 9.17) is 0 Å². The molecule has 0 aromatic heterocycles. The Bertz CT molecular complexity index is 3880. The van der Waals surface area contributed by atoms with Crippen molar-refractivity contribution in [2.45, 2.75) is 38.5 Å². The van der Waals surface area contributed by atoms with Gasteiger partial charge in [-0.15, -0.1) is 0 Å². The van der Waals surface area contributed by atoms with Crippen LogP contribution in [0.5, 0.6) is 0 Å². The molecule has 0 atom stereocenters. The van der Waals surface area contributed by atoms with Crippen molar-refractivity contribution in [1.29, 1.82) is 0 Å². The number of hydrogen-bond donors (Lipinski definition) is 0. The molecule has 0 amide bonds. The molecule has 0 radical (unpaired) electrons. The predicted molar refractivity (Wildman–Crippen MR) is 314 cm³/mol. The highest BCUT2D eigenvalue weighted by molar-refractivity contribution is 6.26. The number of anilines is 6. The van der Waals surface area contributed by atoms with Gasteiger partial charge >= 0.3 is 0 Å². The summed E-state index contributed by atoms with van der Waals surface area (Å²) in [5.41, 5.74) is 22.0. The maximum Gasteiger partial charge on any atom is 0.0468 e. The fourth-order valence-corrected chi connectivity index (χ4v) is 12.6.